The smallest absolute Gasteiger partial charge is 0.446 e. The van der Waals surface area contributed by atoms with Crippen LogP contribution in [0.2, 0.25) is 0 Å². The molecule has 2 aromatic carbocycles. The number of amides is 4. The normalized spacial score (nSPS) is 17.5. The highest BCUT2D eigenvalue weighted by Crippen LogP contribution is 2.38. The van der Waals surface area contributed by atoms with E-state index >= 15 is 0 Å². The number of nitrogens with one attached hydrogen (secondary N) is 2. The zero-order chi connectivity index (χ0) is 26.8. The number of urea groups is 1. The van der Waals surface area contributed by atoms with Gasteiger partial charge in [0.25, 0.3) is 11.8 Å². The first kappa shape index (κ1) is 26.0. The quantitative estimate of drug-likeness (QED) is 0.329. The molecule has 12 heteroatoms. The lowest BCUT2D eigenvalue weighted by Crippen LogP contribution is -2.46. The van der Waals surface area contributed by atoms with Crippen LogP contribution in [0.1, 0.15) is 22.8 Å². The predicted molar refractivity (Wildman–Crippen MR) is 132 cm³/mol. The molecule has 0 aliphatic carbocycles. The number of methoxy groups -OCH3 is 1. The minimum Gasteiger partial charge on any atom is -0.497 e. The largest absolute Gasteiger partial charge is 0.497 e. The highest BCUT2D eigenvalue weighted by molar-refractivity contribution is 8.00. The lowest BCUT2D eigenvalue weighted by Gasteiger charge is -2.22. The standard InChI is InChI=1S/C25H21F3N4O4S/c1-24(22(34)32(23(35)31-24)17-5-9-19(10-6-17)37-25(26,27)28)14-15-11-12-29-20(13-15)30-21(33)16-3-7-18(36-2)8-4-16/h3-13H,14H2,1-2H3,(H,31,35)(H,29,30,33). The number of benzene rings is 2. The summed E-state index contributed by atoms with van der Waals surface area (Å²) in [6.45, 7) is 1.55. The Morgan fingerprint density at radius 3 is 2.41 bits per heavy atom. The maximum absolute atomic E-state index is 13.2. The first-order valence-electron chi connectivity index (χ1n) is 10.9. The molecule has 1 aliphatic rings. The van der Waals surface area contributed by atoms with E-state index < -0.39 is 23.0 Å². The molecule has 0 saturated carbocycles. The Hall–Kier alpha value is -4.06. The number of carbonyl (C=O) groups excluding carboxylic acids is 3. The molecule has 0 spiro atoms. The van der Waals surface area contributed by atoms with E-state index in [0.29, 0.717) is 16.9 Å². The summed E-state index contributed by atoms with van der Waals surface area (Å²) in [6.07, 6.45) is 1.56. The van der Waals surface area contributed by atoms with Crippen molar-refractivity contribution < 1.29 is 32.3 Å². The molecule has 1 fully saturated rings. The van der Waals surface area contributed by atoms with Gasteiger partial charge in [-0.3, -0.25) is 9.59 Å². The Bertz CT molecular complexity index is 1330. The molecule has 4 rings (SSSR count). The summed E-state index contributed by atoms with van der Waals surface area (Å²) < 4.78 is 42.9. The molecule has 1 aliphatic heterocycles. The van der Waals surface area contributed by atoms with Gasteiger partial charge in [-0.25, -0.2) is 14.7 Å². The van der Waals surface area contributed by atoms with Crippen LogP contribution in [0.5, 0.6) is 5.75 Å². The summed E-state index contributed by atoms with van der Waals surface area (Å²) in [6, 6.07) is 14.1. The van der Waals surface area contributed by atoms with Crippen molar-refractivity contribution in [1.29, 1.82) is 0 Å². The van der Waals surface area contributed by atoms with Gasteiger partial charge in [0.15, 0.2) is 0 Å². The van der Waals surface area contributed by atoms with Crippen LogP contribution in [0.3, 0.4) is 0 Å². The third-order valence-electron chi connectivity index (χ3n) is 5.57. The van der Waals surface area contributed by atoms with Crippen molar-refractivity contribution in [3.8, 4) is 5.75 Å². The average molecular weight is 531 g/mol. The first-order valence-corrected chi connectivity index (χ1v) is 11.7. The van der Waals surface area contributed by atoms with E-state index in [4.69, 9.17) is 4.74 Å². The van der Waals surface area contributed by atoms with Crippen molar-refractivity contribution in [2.24, 2.45) is 0 Å². The molecule has 2 heterocycles. The Morgan fingerprint density at radius 2 is 1.78 bits per heavy atom. The lowest BCUT2D eigenvalue weighted by molar-refractivity contribution is -0.121. The van der Waals surface area contributed by atoms with Gasteiger partial charge in [0.05, 0.1) is 12.8 Å². The van der Waals surface area contributed by atoms with Gasteiger partial charge < -0.3 is 15.4 Å². The monoisotopic (exact) mass is 530 g/mol. The number of anilines is 2. The van der Waals surface area contributed by atoms with E-state index in [-0.39, 0.29) is 40.5 Å². The van der Waals surface area contributed by atoms with E-state index in [1.807, 2.05) is 0 Å². The second-order valence-corrected chi connectivity index (χ2v) is 9.49. The molecule has 1 saturated heterocycles. The molecule has 37 heavy (non-hydrogen) atoms. The highest BCUT2D eigenvalue weighted by atomic mass is 32.2. The van der Waals surface area contributed by atoms with Crippen LogP contribution in [-0.2, 0) is 11.2 Å². The number of carbonyl (C=O) groups is 3. The van der Waals surface area contributed by atoms with Gasteiger partial charge in [-0.2, -0.15) is 13.2 Å². The molecule has 192 valence electrons. The minimum absolute atomic E-state index is 0.0629. The van der Waals surface area contributed by atoms with Crippen molar-refractivity contribution in [3.63, 3.8) is 0 Å². The Morgan fingerprint density at radius 1 is 1.11 bits per heavy atom. The van der Waals surface area contributed by atoms with Gasteiger partial charge in [0, 0.05) is 23.1 Å². The molecule has 3 aromatic rings. The number of halogens is 3. The number of hydrogen-bond acceptors (Lipinski definition) is 6. The molecular weight excluding hydrogens is 509 g/mol. The van der Waals surface area contributed by atoms with Crippen LogP contribution >= 0.6 is 11.8 Å². The van der Waals surface area contributed by atoms with Crippen molar-refractivity contribution in [1.82, 2.24) is 10.3 Å². The second kappa shape index (κ2) is 10.1. The first-order chi connectivity index (χ1) is 17.5. The van der Waals surface area contributed by atoms with Gasteiger partial charge in [-0.15, -0.1) is 0 Å². The third-order valence-corrected chi connectivity index (χ3v) is 6.30. The number of hydrogen-bond donors (Lipinski definition) is 2. The number of rotatable bonds is 7. The fourth-order valence-electron chi connectivity index (χ4n) is 3.83. The minimum atomic E-state index is -4.45. The van der Waals surface area contributed by atoms with Gasteiger partial charge in [-0.1, -0.05) is 0 Å². The maximum atomic E-state index is 13.2. The zero-order valence-electron chi connectivity index (χ0n) is 19.6. The van der Waals surface area contributed by atoms with Gasteiger partial charge in [0.2, 0.25) is 0 Å². The molecule has 4 amide bonds. The number of imide groups is 1. The van der Waals surface area contributed by atoms with Crippen molar-refractivity contribution in [2.75, 3.05) is 17.3 Å². The second-order valence-electron chi connectivity index (χ2n) is 8.35. The highest BCUT2D eigenvalue weighted by Gasteiger charge is 2.48. The number of aromatic nitrogens is 1. The Kier molecular flexibility index (Phi) is 7.12. The summed E-state index contributed by atoms with van der Waals surface area (Å²) >= 11 is -0.285. The molecule has 1 unspecified atom stereocenters. The summed E-state index contributed by atoms with van der Waals surface area (Å²) in [4.78, 5) is 43.4. The van der Waals surface area contributed by atoms with Crippen LogP contribution in [-0.4, -0.2) is 41.0 Å². The van der Waals surface area contributed by atoms with E-state index in [0.717, 1.165) is 4.90 Å². The summed E-state index contributed by atoms with van der Waals surface area (Å²) in [5, 5.41) is 5.35. The van der Waals surface area contributed by atoms with Crippen LogP contribution in [0.4, 0.5) is 29.5 Å². The lowest BCUT2D eigenvalue weighted by atomic mass is 9.93. The topological polar surface area (TPSA) is 101 Å². The summed E-state index contributed by atoms with van der Waals surface area (Å²) in [7, 11) is 1.52. The van der Waals surface area contributed by atoms with Crippen molar-refractivity contribution in [3.05, 3.63) is 78.0 Å². The maximum Gasteiger partial charge on any atom is 0.446 e. The number of thioether (sulfide) groups is 1. The van der Waals surface area contributed by atoms with Crippen LogP contribution in [0.25, 0.3) is 0 Å². The zero-order valence-corrected chi connectivity index (χ0v) is 20.4. The predicted octanol–water partition coefficient (Wildman–Crippen LogP) is 5.01. The number of ether oxygens (including phenoxy) is 1. The number of nitrogens with zero attached hydrogens (tertiary/aromatic N) is 2. The van der Waals surface area contributed by atoms with Crippen LogP contribution in [0.15, 0.2) is 71.8 Å². The average Bonchev–Trinajstić information content (AvgIpc) is 3.06. The molecule has 0 radical (unpaired) electrons. The molecular formula is C25H21F3N4O4S. The third kappa shape index (κ3) is 6.02. The fourth-order valence-corrected chi connectivity index (χ4v) is 4.37. The van der Waals surface area contributed by atoms with E-state index in [1.165, 1.54) is 37.6 Å². The summed E-state index contributed by atoms with van der Waals surface area (Å²) in [5.74, 6) is -0.0805. The van der Waals surface area contributed by atoms with E-state index in [9.17, 15) is 27.6 Å². The van der Waals surface area contributed by atoms with Crippen LogP contribution in [0, 0.1) is 0 Å². The van der Waals surface area contributed by atoms with Gasteiger partial charge in [0.1, 0.15) is 17.1 Å². The van der Waals surface area contributed by atoms with Crippen molar-refractivity contribution >= 4 is 41.1 Å². The van der Waals surface area contributed by atoms with E-state index in [2.05, 4.69) is 15.6 Å². The van der Waals surface area contributed by atoms with Crippen molar-refractivity contribution in [2.45, 2.75) is 29.3 Å². The Labute approximate surface area is 214 Å². The molecule has 2 N–H and O–H groups in total. The molecule has 1 aromatic heterocycles. The summed E-state index contributed by atoms with van der Waals surface area (Å²) in [5.41, 5.74) is -4.60. The van der Waals surface area contributed by atoms with E-state index in [1.54, 1.807) is 43.3 Å². The molecule has 8 nitrogen and oxygen atoms in total. The number of alkyl halides is 3. The number of pyridine rings is 1. The molecule has 1 atom stereocenters. The van der Waals surface area contributed by atoms with Crippen LogP contribution < -0.4 is 20.3 Å². The van der Waals surface area contributed by atoms with Gasteiger partial charge in [-0.05, 0) is 84.9 Å². The van der Waals surface area contributed by atoms with Gasteiger partial charge >= 0.3 is 11.5 Å². The molecule has 0 bridgehead atoms. The fraction of sp³-hybridized carbons (Fsp3) is 0.200. The Balaban J connectivity index is 1.46. The SMILES string of the molecule is COc1ccc(C(=O)Nc2cc(CC3(C)NC(=O)N(c4ccc(SC(F)(F)F)cc4)C3=O)ccn2)cc1.